The molecule has 2 rings (SSSR count). The molecule has 6 heteroatoms. The van der Waals surface area contributed by atoms with E-state index in [1.807, 2.05) is 39.8 Å². The maximum Gasteiger partial charge on any atom is 0.408 e. The van der Waals surface area contributed by atoms with Crippen molar-refractivity contribution in [2.75, 3.05) is 0 Å². The molecule has 0 radical (unpaired) electrons. The molecule has 0 unspecified atom stereocenters. The third-order valence-corrected chi connectivity index (χ3v) is 4.82. The van der Waals surface area contributed by atoms with Crippen LogP contribution in [0.4, 0.5) is 4.79 Å². The highest BCUT2D eigenvalue weighted by molar-refractivity contribution is 5.83. The van der Waals surface area contributed by atoms with Crippen LogP contribution >= 0.6 is 0 Å². The van der Waals surface area contributed by atoms with E-state index >= 15 is 0 Å². The van der Waals surface area contributed by atoms with Gasteiger partial charge in [-0.05, 0) is 55.2 Å². The summed E-state index contributed by atoms with van der Waals surface area (Å²) in [5.41, 5.74) is 6.21. The van der Waals surface area contributed by atoms with Crippen LogP contribution in [0.3, 0.4) is 0 Å². The van der Waals surface area contributed by atoms with E-state index in [-0.39, 0.29) is 12.1 Å². The number of alkyl carbamates (subject to hydrolysis) is 1. The second-order valence-corrected chi connectivity index (χ2v) is 8.53. The number of hydrogen-bond acceptors (Lipinski definition) is 5. The van der Waals surface area contributed by atoms with E-state index in [9.17, 15) is 9.59 Å². The molecule has 28 heavy (non-hydrogen) atoms. The standard InChI is InChI=1S/C22H32N2O4/c1-6-7-9-16-13-18(16)28-21(26)24-19(22(3,4)5)20(25)27-17-11-8-10-15(12-17)14(2)23/h6,8,10-12,14,16,18-19H,1,7,9,13,23H2,2-5H3,(H,24,26)/t14-,16+,18+,19+/m0/s1. The molecular formula is C22H32N2O4. The number of carbonyl (C=O) groups excluding carboxylic acids is 2. The molecule has 0 heterocycles. The maximum absolute atomic E-state index is 12.7. The van der Waals surface area contributed by atoms with Crippen LogP contribution < -0.4 is 15.8 Å². The second-order valence-electron chi connectivity index (χ2n) is 8.53. The monoisotopic (exact) mass is 388 g/mol. The Morgan fingerprint density at radius 1 is 1.39 bits per heavy atom. The van der Waals surface area contributed by atoms with Crippen LogP contribution in [0.5, 0.6) is 5.75 Å². The number of rotatable bonds is 8. The van der Waals surface area contributed by atoms with Crippen molar-refractivity contribution in [1.29, 1.82) is 0 Å². The van der Waals surface area contributed by atoms with Crippen LogP contribution in [-0.2, 0) is 9.53 Å². The Morgan fingerprint density at radius 3 is 2.71 bits per heavy atom. The van der Waals surface area contributed by atoms with Gasteiger partial charge in [0.2, 0.25) is 0 Å². The second kappa shape index (κ2) is 9.24. The van der Waals surface area contributed by atoms with Gasteiger partial charge in [-0.1, -0.05) is 39.0 Å². The van der Waals surface area contributed by atoms with Crippen LogP contribution in [0.2, 0.25) is 0 Å². The van der Waals surface area contributed by atoms with E-state index < -0.39 is 23.5 Å². The van der Waals surface area contributed by atoms with Gasteiger partial charge in [0, 0.05) is 6.04 Å². The molecule has 1 fully saturated rings. The molecule has 1 aromatic carbocycles. The summed E-state index contributed by atoms with van der Waals surface area (Å²) in [7, 11) is 0. The van der Waals surface area contributed by atoms with Gasteiger partial charge >= 0.3 is 12.1 Å². The lowest BCUT2D eigenvalue weighted by atomic mass is 9.87. The first-order chi connectivity index (χ1) is 13.1. The number of ether oxygens (including phenoxy) is 2. The third kappa shape index (κ3) is 6.37. The summed E-state index contributed by atoms with van der Waals surface area (Å²) in [6, 6.07) is 6.07. The number of esters is 1. The smallest absolute Gasteiger partial charge is 0.408 e. The van der Waals surface area contributed by atoms with E-state index in [2.05, 4.69) is 11.9 Å². The van der Waals surface area contributed by atoms with Crippen LogP contribution in [0, 0.1) is 11.3 Å². The van der Waals surface area contributed by atoms with Gasteiger partial charge in [0.1, 0.15) is 17.9 Å². The predicted molar refractivity (Wildman–Crippen MR) is 109 cm³/mol. The number of nitrogens with one attached hydrogen (secondary N) is 1. The molecule has 0 saturated heterocycles. The fourth-order valence-electron chi connectivity index (χ4n) is 2.95. The highest BCUT2D eigenvalue weighted by atomic mass is 16.6. The van der Waals surface area contributed by atoms with E-state index in [4.69, 9.17) is 15.2 Å². The molecule has 1 aliphatic rings. The fourth-order valence-corrected chi connectivity index (χ4v) is 2.95. The van der Waals surface area contributed by atoms with Crippen LogP contribution in [0.25, 0.3) is 0 Å². The van der Waals surface area contributed by atoms with Crippen molar-refractivity contribution in [2.24, 2.45) is 17.1 Å². The summed E-state index contributed by atoms with van der Waals surface area (Å²) in [5.74, 6) is 0.242. The molecule has 0 aromatic heterocycles. The molecule has 0 bridgehead atoms. The minimum atomic E-state index is -0.843. The number of nitrogens with two attached hydrogens (primary N) is 1. The van der Waals surface area contributed by atoms with Crippen molar-refractivity contribution in [3.8, 4) is 5.75 Å². The summed E-state index contributed by atoms with van der Waals surface area (Å²) >= 11 is 0. The number of allylic oxidation sites excluding steroid dienone is 1. The maximum atomic E-state index is 12.7. The lowest BCUT2D eigenvalue weighted by Gasteiger charge is -2.29. The Balaban J connectivity index is 1.97. The average molecular weight is 389 g/mol. The molecular weight excluding hydrogens is 356 g/mol. The molecule has 6 nitrogen and oxygen atoms in total. The zero-order valence-corrected chi connectivity index (χ0v) is 17.2. The average Bonchev–Trinajstić information content (AvgIpc) is 3.34. The minimum Gasteiger partial charge on any atom is -0.446 e. The van der Waals surface area contributed by atoms with E-state index in [1.54, 1.807) is 18.2 Å². The molecule has 1 aromatic rings. The van der Waals surface area contributed by atoms with Gasteiger partial charge in [0.25, 0.3) is 0 Å². The molecule has 154 valence electrons. The van der Waals surface area contributed by atoms with Gasteiger partial charge in [-0.3, -0.25) is 0 Å². The molecule has 3 N–H and O–H groups in total. The highest BCUT2D eigenvalue weighted by Crippen LogP contribution is 2.38. The topological polar surface area (TPSA) is 90.6 Å². The van der Waals surface area contributed by atoms with E-state index in [0.717, 1.165) is 24.8 Å². The van der Waals surface area contributed by atoms with Crippen LogP contribution in [-0.4, -0.2) is 24.2 Å². The van der Waals surface area contributed by atoms with Crippen molar-refractivity contribution in [3.63, 3.8) is 0 Å². The highest BCUT2D eigenvalue weighted by Gasteiger charge is 2.41. The molecule has 0 spiro atoms. The molecule has 1 aliphatic carbocycles. The number of amides is 1. The van der Waals surface area contributed by atoms with Gasteiger partial charge in [-0.15, -0.1) is 6.58 Å². The van der Waals surface area contributed by atoms with Crippen molar-refractivity contribution in [1.82, 2.24) is 5.32 Å². The quantitative estimate of drug-likeness (QED) is 0.397. The summed E-state index contributed by atoms with van der Waals surface area (Å²) in [6.45, 7) is 11.1. The van der Waals surface area contributed by atoms with Gasteiger partial charge in [0.15, 0.2) is 0 Å². The normalized spacial score (nSPS) is 20.6. The Labute approximate surface area is 167 Å². The first kappa shape index (κ1) is 22.0. The molecule has 0 aliphatic heterocycles. The summed E-state index contributed by atoms with van der Waals surface area (Å²) in [6.07, 6.45) is 3.91. The molecule has 1 amide bonds. The van der Waals surface area contributed by atoms with Crippen LogP contribution in [0.15, 0.2) is 36.9 Å². The number of carbonyl (C=O) groups is 2. The minimum absolute atomic E-state index is 0.0840. The lowest BCUT2D eigenvalue weighted by molar-refractivity contribution is -0.139. The summed E-state index contributed by atoms with van der Waals surface area (Å²) in [4.78, 5) is 25.0. The number of benzene rings is 1. The van der Waals surface area contributed by atoms with Gasteiger partial charge < -0.3 is 20.5 Å². The van der Waals surface area contributed by atoms with Crippen molar-refractivity contribution >= 4 is 12.1 Å². The Bertz CT molecular complexity index is 709. The third-order valence-electron chi connectivity index (χ3n) is 4.82. The summed E-state index contributed by atoms with van der Waals surface area (Å²) in [5, 5.41) is 2.68. The Morgan fingerprint density at radius 2 is 2.11 bits per heavy atom. The Hall–Kier alpha value is -2.34. The van der Waals surface area contributed by atoms with Crippen LogP contribution in [0.1, 0.15) is 58.6 Å². The first-order valence-electron chi connectivity index (χ1n) is 9.77. The predicted octanol–water partition coefficient (Wildman–Crippen LogP) is 4.11. The lowest BCUT2D eigenvalue weighted by Crippen LogP contribution is -2.51. The zero-order valence-electron chi connectivity index (χ0n) is 17.2. The SMILES string of the molecule is C=CCC[C@@H]1C[C@H]1OC(=O)N[C@H](C(=O)Oc1cccc([C@H](C)N)c1)C(C)(C)C. The largest absolute Gasteiger partial charge is 0.446 e. The Kier molecular flexibility index (Phi) is 7.24. The van der Waals surface area contributed by atoms with E-state index in [1.165, 1.54) is 0 Å². The van der Waals surface area contributed by atoms with E-state index in [0.29, 0.717) is 11.7 Å². The first-order valence-corrected chi connectivity index (χ1v) is 9.77. The summed E-state index contributed by atoms with van der Waals surface area (Å²) < 4.78 is 11.0. The fraction of sp³-hybridized carbons (Fsp3) is 0.545. The van der Waals surface area contributed by atoms with Gasteiger partial charge in [0.05, 0.1) is 0 Å². The van der Waals surface area contributed by atoms with Crippen molar-refractivity contribution in [3.05, 3.63) is 42.5 Å². The molecule has 1 saturated carbocycles. The zero-order chi connectivity index (χ0) is 20.9. The van der Waals surface area contributed by atoms with Gasteiger partial charge in [-0.2, -0.15) is 0 Å². The van der Waals surface area contributed by atoms with Crippen molar-refractivity contribution < 1.29 is 19.1 Å². The van der Waals surface area contributed by atoms with Crippen molar-refractivity contribution in [2.45, 2.75) is 65.1 Å². The van der Waals surface area contributed by atoms with Gasteiger partial charge in [-0.25, -0.2) is 9.59 Å². The number of hydrogen-bond donors (Lipinski definition) is 2. The molecule has 4 atom stereocenters.